The molecule has 0 saturated carbocycles. The predicted octanol–water partition coefficient (Wildman–Crippen LogP) is 4.04. The minimum Gasteiger partial charge on any atom is -0.467 e. The highest BCUT2D eigenvalue weighted by Crippen LogP contribution is 2.27. The number of furan rings is 1. The number of rotatable bonds is 3. The maximum absolute atomic E-state index is 6.21. The average Bonchev–Trinajstić information content (AvgIpc) is 2.84. The van der Waals surface area contributed by atoms with Crippen LogP contribution in [0, 0.1) is 13.8 Å². The van der Waals surface area contributed by atoms with E-state index < -0.39 is 0 Å². The Hall–Kier alpha value is -1.52. The number of aryl methyl sites for hydroxylation is 2. The van der Waals surface area contributed by atoms with E-state index in [1.807, 2.05) is 32.0 Å². The molecule has 1 aromatic heterocycles. The molecule has 0 aliphatic rings. The van der Waals surface area contributed by atoms with Gasteiger partial charge in [-0.15, -0.1) is 0 Å². The molecule has 0 fully saturated rings. The molecule has 0 aliphatic carbocycles. The Labute approximate surface area is 123 Å². The molecule has 0 radical (unpaired) electrons. The van der Waals surface area contributed by atoms with Crippen LogP contribution in [0.3, 0.4) is 0 Å². The number of hydrogen-bond acceptors (Lipinski definition) is 2. The van der Waals surface area contributed by atoms with E-state index >= 15 is 0 Å². The average molecular weight is 295 g/mol. The standard InChI is InChI=1S/C14H15ClN2OS/c1-9-6-10(2)13(12(15)7-9)17-14(19)16-8-11-4-3-5-18-11/h3-7H,8H2,1-2H3,(H2,16,17,19). The highest BCUT2D eigenvalue weighted by atomic mass is 35.5. The summed E-state index contributed by atoms with van der Waals surface area (Å²) in [5.41, 5.74) is 3.03. The van der Waals surface area contributed by atoms with Crippen LogP contribution in [0.15, 0.2) is 34.9 Å². The first-order chi connectivity index (χ1) is 9.06. The van der Waals surface area contributed by atoms with Crippen LogP contribution in [0.5, 0.6) is 0 Å². The van der Waals surface area contributed by atoms with E-state index in [-0.39, 0.29) is 0 Å². The van der Waals surface area contributed by atoms with Gasteiger partial charge in [0.05, 0.1) is 23.5 Å². The first kappa shape index (κ1) is 13.9. The van der Waals surface area contributed by atoms with Gasteiger partial charge in [0, 0.05) is 0 Å². The summed E-state index contributed by atoms with van der Waals surface area (Å²) in [5, 5.41) is 7.37. The molecule has 0 spiro atoms. The van der Waals surface area contributed by atoms with Crippen LogP contribution >= 0.6 is 23.8 Å². The summed E-state index contributed by atoms with van der Waals surface area (Å²) in [4.78, 5) is 0. The van der Waals surface area contributed by atoms with E-state index in [2.05, 4.69) is 16.7 Å². The molecule has 1 aromatic carbocycles. The summed E-state index contributed by atoms with van der Waals surface area (Å²) in [6, 6.07) is 7.70. The second-order valence-corrected chi connectivity index (χ2v) is 5.14. The van der Waals surface area contributed by atoms with Gasteiger partial charge in [-0.2, -0.15) is 0 Å². The normalized spacial score (nSPS) is 10.3. The van der Waals surface area contributed by atoms with E-state index in [9.17, 15) is 0 Å². The Morgan fingerprint density at radius 2 is 2.16 bits per heavy atom. The molecular formula is C14H15ClN2OS. The van der Waals surface area contributed by atoms with Crippen LogP contribution in [0.2, 0.25) is 5.02 Å². The molecule has 19 heavy (non-hydrogen) atoms. The van der Waals surface area contributed by atoms with Crippen LogP contribution in [0.1, 0.15) is 16.9 Å². The van der Waals surface area contributed by atoms with Crippen molar-refractivity contribution in [1.29, 1.82) is 0 Å². The molecule has 0 bridgehead atoms. The minimum absolute atomic E-state index is 0.519. The van der Waals surface area contributed by atoms with Gasteiger partial charge in [-0.05, 0) is 55.4 Å². The van der Waals surface area contributed by atoms with Gasteiger partial charge in [-0.25, -0.2) is 0 Å². The van der Waals surface area contributed by atoms with E-state index in [1.54, 1.807) is 6.26 Å². The highest BCUT2D eigenvalue weighted by molar-refractivity contribution is 7.80. The van der Waals surface area contributed by atoms with Crippen molar-refractivity contribution in [2.24, 2.45) is 0 Å². The smallest absolute Gasteiger partial charge is 0.171 e. The zero-order chi connectivity index (χ0) is 13.8. The first-order valence-corrected chi connectivity index (χ1v) is 6.69. The molecule has 0 saturated heterocycles. The molecule has 2 rings (SSSR count). The third kappa shape index (κ3) is 3.72. The number of hydrogen-bond donors (Lipinski definition) is 2. The molecule has 0 aliphatic heterocycles. The molecule has 1 heterocycles. The fourth-order valence-electron chi connectivity index (χ4n) is 1.81. The highest BCUT2D eigenvalue weighted by Gasteiger charge is 2.07. The number of nitrogens with one attached hydrogen (secondary N) is 2. The molecule has 2 aromatic rings. The zero-order valence-electron chi connectivity index (χ0n) is 10.8. The van der Waals surface area contributed by atoms with Gasteiger partial charge in [-0.1, -0.05) is 17.7 Å². The number of halogens is 1. The molecule has 0 amide bonds. The largest absolute Gasteiger partial charge is 0.467 e. The summed E-state index contributed by atoms with van der Waals surface area (Å²) in [5.74, 6) is 0.830. The van der Waals surface area contributed by atoms with Crippen molar-refractivity contribution in [2.75, 3.05) is 5.32 Å². The number of thiocarbonyl (C=S) groups is 1. The zero-order valence-corrected chi connectivity index (χ0v) is 12.4. The maximum atomic E-state index is 6.21. The topological polar surface area (TPSA) is 37.2 Å². The van der Waals surface area contributed by atoms with Gasteiger partial charge in [0.15, 0.2) is 5.11 Å². The molecule has 2 N–H and O–H groups in total. The maximum Gasteiger partial charge on any atom is 0.171 e. The van der Waals surface area contributed by atoms with Crippen molar-refractivity contribution in [1.82, 2.24) is 5.32 Å². The molecular weight excluding hydrogens is 280 g/mol. The molecule has 3 nitrogen and oxygen atoms in total. The lowest BCUT2D eigenvalue weighted by atomic mass is 10.1. The first-order valence-electron chi connectivity index (χ1n) is 5.90. The predicted molar refractivity (Wildman–Crippen MR) is 82.7 cm³/mol. The molecule has 5 heteroatoms. The SMILES string of the molecule is Cc1cc(C)c(NC(=S)NCc2ccco2)c(Cl)c1. The lowest BCUT2D eigenvalue weighted by molar-refractivity contribution is 0.503. The third-order valence-electron chi connectivity index (χ3n) is 2.67. The summed E-state index contributed by atoms with van der Waals surface area (Å²) in [6.07, 6.45) is 1.63. The van der Waals surface area contributed by atoms with Crippen LogP contribution in [0.25, 0.3) is 0 Å². The van der Waals surface area contributed by atoms with Gasteiger partial charge in [0.25, 0.3) is 0 Å². The van der Waals surface area contributed by atoms with E-state index in [0.29, 0.717) is 16.7 Å². The van der Waals surface area contributed by atoms with Crippen LogP contribution in [-0.4, -0.2) is 5.11 Å². The monoisotopic (exact) mass is 294 g/mol. The Bertz CT molecular complexity index is 558. The van der Waals surface area contributed by atoms with E-state index in [0.717, 1.165) is 22.6 Å². The summed E-state index contributed by atoms with van der Waals surface area (Å²) in [6.45, 7) is 4.55. The molecule has 0 atom stereocenters. The second-order valence-electron chi connectivity index (χ2n) is 4.33. The van der Waals surface area contributed by atoms with Gasteiger partial charge < -0.3 is 15.1 Å². The summed E-state index contributed by atoms with van der Waals surface area (Å²) < 4.78 is 5.22. The quantitative estimate of drug-likeness (QED) is 0.838. The van der Waals surface area contributed by atoms with Crippen molar-refractivity contribution >= 4 is 34.6 Å². The van der Waals surface area contributed by atoms with E-state index in [4.69, 9.17) is 28.2 Å². The lowest BCUT2D eigenvalue weighted by Crippen LogP contribution is -2.28. The molecule has 0 unspecified atom stereocenters. The minimum atomic E-state index is 0.519. The Balaban J connectivity index is 1.99. The third-order valence-corrected chi connectivity index (χ3v) is 3.22. The Kier molecular flexibility index (Phi) is 4.45. The van der Waals surface area contributed by atoms with Crippen LogP contribution < -0.4 is 10.6 Å². The molecule has 100 valence electrons. The van der Waals surface area contributed by atoms with Crippen molar-refractivity contribution in [3.8, 4) is 0 Å². The van der Waals surface area contributed by atoms with Crippen molar-refractivity contribution in [2.45, 2.75) is 20.4 Å². The lowest BCUT2D eigenvalue weighted by Gasteiger charge is -2.14. The van der Waals surface area contributed by atoms with Crippen LogP contribution in [0.4, 0.5) is 5.69 Å². The van der Waals surface area contributed by atoms with Gasteiger partial charge in [-0.3, -0.25) is 0 Å². The van der Waals surface area contributed by atoms with E-state index in [1.165, 1.54) is 0 Å². The Morgan fingerprint density at radius 3 is 2.79 bits per heavy atom. The van der Waals surface area contributed by atoms with Crippen molar-refractivity contribution in [3.05, 3.63) is 52.4 Å². The van der Waals surface area contributed by atoms with Gasteiger partial charge >= 0.3 is 0 Å². The summed E-state index contributed by atoms with van der Waals surface area (Å²) in [7, 11) is 0. The Morgan fingerprint density at radius 1 is 1.37 bits per heavy atom. The fourth-order valence-corrected chi connectivity index (χ4v) is 2.35. The number of anilines is 1. The van der Waals surface area contributed by atoms with Crippen molar-refractivity contribution in [3.63, 3.8) is 0 Å². The number of benzene rings is 1. The summed E-state index contributed by atoms with van der Waals surface area (Å²) >= 11 is 11.4. The fraction of sp³-hybridized carbons (Fsp3) is 0.214. The second kappa shape index (κ2) is 6.08. The van der Waals surface area contributed by atoms with Gasteiger partial charge in [0.1, 0.15) is 5.76 Å². The van der Waals surface area contributed by atoms with Gasteiger partial charge in [0.2, 0.25) is 0 Å². The van der Waals surface area contributed by atoms with Crippen LogP contribution in [-0.2, 0) is 6.54 Å². The van der Waals surface area contributed by atoms with Crippen molar-refractivity contribution < 1.29 is 4.42 Å².